The molecule has 0 aliphatic heterocycles. The number of carbonyl (C=O) groups excluding carboxylic acids is 1. The predicted molar refractivity (Wildman–Crippen MR) is 70.1 cm³/mol. The molecule has 0 spiro atoms. The summed E-state index contributed by atoms with van der Waals surface area (Å²) in [5.74, 6) is 0.628. The molecule has 1 amide bonds. The molecule has 0 aliphatic rings. The minimum atomic E-state index is -0.407. The number of nitrogen functional groups attached to an aromatic ring is 1. The molecule has 0 bridgehead atoms. The minimum Gasteiger partial charge on any atom is -0.497 e. The Morgan fingerprint density at radius 2 is 2.12 bits per heavy atom. The van der Waals surface area contributed by atoms with E-state index in [-0.39, 0.29) is 5.91 Å². The van der Waals surface area contributed by atoms with E-state index in [1.807, 2.05) is 20.8 Å². The third-order valence-corrected chi connectivity index (χ3v) is 3.01. The highest BCUT2D eigenvalue weighted by molar-refractivity contribution is 5.97. The Balaban J connectivity index is 2.91. The maximum Gasteiger partial charge on any atom is 0.230 e. The van der Waals surface area contributed by atoms with Gasteiger partial charge in [0.05, 0.1) is 18.5 Å². The first kappa shape index (κ1) is 13.4. The number of nitrogens with two attached hydrogens (primary N) is 1. The maximum atomic E-state index is 12.0. The Bertz CT molecular complexity index is 414. The molecule has 0 saturated heterocycles. The first-order valence-electron chi connectivity index (χ1n) is 5.65. The number of anilines is 2. The van der Waals surface area contributed by atoms with Crippen molar-refractivity contribution in [2.75, 3.05) is 18.2 Å². The zero-order chi connectivity index (χ0) is 13.1. The van der Waals surface area contributed by atoms with Crippen LogP contribution in [-0.2, 0) is 4.79 Å². The normalized spacial score (nSPS) is 11.1. The van der Waals surface area contributed by atoms with E-state index < -0.39 is 5.41 Å². The van der Waals surface area contributed by atoms with Gasteiger partial charge in [-0.15, -0.1) is 0 Å². The molecule has 17 heavy (non-hydrogen) atoms. The van der Waals surface area contributed by atoms with Crippen molar-refractivity contribution in [2.45, 2.75) is 27.2 Å². The summed E-state index contributed by atoms with van der Waals surface area (Å²) in [4.78, 5) is 12.0. The van der Waals surface area contributed by atoms with Crippen molar-refractivity contribution in [3.05, 3.63) is 18.2 Å². The molecule has 0 radical (unpaired) electrons. The molecule has 94 valence electrons. The van der Waals surface area contributed by atoms with E-state index >= 15 is 0 Å². The second-order valence-electron chi connectivity index (χ2n) is 4.64. The van der Waals surface area contributed by atoms with Gasteiger partial charge in [-0.05, 0) is 18.6 Å². The van der Waals surface area contributed by atoms with Crippen LogP contribution in [0, 0.1) is 5.41 Å². The summed E-state index contributed by atoms with van der Waals surface area (Å²) in [6.07, 6.45) is 0.767. The highest BCUT2D eigenvalue weighted by atomic mass is 16.5. The molecule has 3 N–H and O–H groups in total. The summed E-state index contributed by atoms with van der Waals surface area (Å²) in [5.41, 5.74) is 6.53. The van der Waals surface area contributed by atoms with E-state index in [2.05, 4.69) is 5.32 Å². The van der Waals surface area contributed by atoms with Crippen LogP contribution in [0.15, 0.2) is 18.2 Å². The summed E-state index contributed by atoms with van der Waals surface area (Å²) in [7, 11) is 1.58. The Morgan fingerprint density at radius 3 is 2.65 bits per heavy atom. The Hall–Kier alpha value is -1.71. The smallest absolute Gasteiger partial charge is 0.230 e. The van der Waals surface area contributed by atoms with Crippen molar-refractivity contribution in [3.8, 4) is 5.75 Å². The minimum absolute atomic E-state index is 0.0417. The average Bonchev–Trinajstić information content (AvgIpc) is 2.31. The summed E-state index contributed by atoms with van der Waals surface area (Å²) >= 11 is 0. The monoisotopic (exact) mass is 236 g/mol. The molecule has 1 aromatic carbocycles. The Morgan fingerprint density at radius 1 is 1.47 bits per heavy atom. The van der Waals surface area contributed by atoms with Crippen LogP contribution in [0.1, 0.15) is 27.2 Å². The van der Waals surface area contributed by atoms with E-state index in [1.54, 1.807) is 25.3 Å². The summed E-state index contributed by atoms with van der Waals surface area (Å²) in [6, 6.07) is 5.20. The summed E-state index contributed by atoms with van der Waals surface area (Å²) in [5, 5.41) is 2.83. The third kappa shape index (κ3) is 3.12. The Labute approximate surface area is 102 Å². The van der Waals surface area contributed by atoms with Crippen molar-refractivity contribution in [2.24, 2.45) is 5.41 Å². The van der Waals surface area contributed by atoms with Crippen molar-refractivity contribution in [1.29, 1.82) is 0 Å². The fourth-order valence-electron chi connectivity index (χ4n) is 1.22. The average molecular weight is 236 g/mol. The second kappa shape index (κ2) is 5.08. The molecule has 0 atom stereocenters. The largest absolute Gasteiger partial charge is 0.497 e. The van der Waals surface area contributed by atoms with E-state index in [1.165, 1.54) is 0 Å². The molecule has 0 unspecified atom stereocenters. The van der Waals surface area contributed by atoms with Crippen molar-refractivity contribution in [3.63, 3.8) is 0 Å². The molecular formula is C13H20N2O2. The van der Waals surface area contributed by atoms with Crippen molar-refractivity contribution < 1.29 is 9.53 Å². The quantitative estimate of drug-likeness (QED) is 0.790. The standard InChI is InChI=1S/C13H20N2O2/c1-5-13(2,3)12(16)15-11-8-9(17-4)6-7-10(11)14/h6-8H,5,14H2,1-4H3,(H,15,16). The zero-order valence-electron chi connectivity index (χ0n) is 10.8. The highest BCUT2D eigenvalue weighted by Gasteiger charge is 2.25. The van der Waals surface area contributed by atoms with Crippen LogP contribution < -0.4 is 15.8 Å². The number of hydrogen-bond acceptors (Lipinski definition) is 3. The van der Waals surface area contributed by atoms with Gasteiger partial charge in [0.1, 0.15) is 5.75 Å². The van der Waals surface area contributed by atoms with Gasteiger partial charge in [-0.3, -0.25) is 4.79 Å². The van der Waals surface area contributed by atoms with Gasteiger partial charge in [0.2, 0.25) is 5.91 Å². The van der Waals surface area contributed by atoms with Crippen LogP contribution in [-0.4, -0.2) is 13.0 Å². The molecule has 0 fully saturated rings. The number of amides is 1. The number of rotatable bonds is 4. The van der Waals surface area contributed by atoms with Crippen LogP contribution in [0.25, 0.3) is 0 Å². The molecule has 0 saturated carbocycles. The molecular weight excluding hydrogens is 216 g/mol. The number of nitrogens with one attached hydrogen (secondary N) is 1. The van der Waals surface area contributed by atoms with Gasteiger partial charge in [-0.2, -0.15) is 0 Å². The fraction of sp³-hybridized carbons (Fsp3) is 0.462. The lowest BCUT2D eigenvalue weighted by Gasteiger charge is -2.22. The van der Waals surface area contributed by atoms with Gasteiger partial charge >= 0.3 is 0 Å². The van der Waals surface area contributed by atoms with Crippen LogP contribution in [0.3, 0.4) is 0 Å². The Kier molecular flexibility index (Phi) is 3.99. The van der Waals surface area contributed by atoms with Crippen molar-refractivity contribution in [1.82, 2.24) is 0 Å². The van der Waals surface area contributed by atoms with Crippen LogP contribution >= 0.6 is 0 Å². The van der Waals surface area contributed by atoms with E-state index in [4.69, 9.17) is 10.5 Å². The van der Waals surface area contributed by atoms with E-state index in [0.717, 1.165) is 6.42 Å². The molecule has 4 heteroatoms. The lowest BCUT2D eigenvalue weighted by atomic mass is 9.89. The summed E-state index contributed by atoms with van der Waals surface area (Å²) < 4.78 is 5.10. The van der Waals surface area contributed by atoms with E-state index in [9.17, 15) is 4.79 Å². The molecule has 0 aromatic heterocycles. The molecule has 1 rings (SSSR count). The van der Waals surface area contributed by atoms with E-state index in [0.29, 0.717) is 17.1 Å². The topological polar surface area (TPSA) is 64.3 Å². The van der Waals surface area contributed by atoms with Crippen LogP contribution in [0.4, 0.5) is 11.4 Å². The number of ether oxygens (including phenoxy) is 1. The van der Waals surface area contributed by atoms with Crippen molar-refractivity contribution >= 4 is 17.3 Å². The number of hydrogen-bond donors (Lipinski definition) is 2. The lowest BCUT2D eigenvalue weighted by molar-refractivity contribution is -0.124. The molecule has 0 heterocycles. The number of carbonyl (C=O) groups is 1. The van der Waals surface area contributed by atoms with Gasteiger partial charge in [0.25, 0.3) is 0 Å². The number of benzene rings is 1. The van der Waals surface area contributed by atoms with Crippen LogP contribution in [0.5, 0.6) is 5.75 Å². The SMILES string of the molecule is CCC(C)(C)C(=O)Nc1cc(OC)ccc1N. The van der Waals surface area contributed by atoms with Gasteiger partial charge < -0.3 is 15.8 Å². The number of methoxy groups -OCH3 is 1. The molecule has 0 aliphatic carbocycles. The predicted octanol–water partition coefficient (Wildman–Crippen LogP) is 2.65. The van der Waals surface area contributed by atoms with Gasteiger partial charge in [-0.25, -0.2) is 0 Å². The third-order valence-electron chi connectivity index (χ3n) is 3.01. The van der Waals surface area contributed by atoms with Gasteiger partial charge in [0, 0.05) is 11.5 Å². The van der Waals surface area contributed by atoms with Gasteiger partial charge in [0.15, 0.2) is 0 Å². The van der Waals surface area contributed by atoms with Gasteiger partial charge in [-0.1, -0.05) is 20.8 Å². The lowest BCUT2D eigenvalue weighted by Crippen LogP contribution is -2.30. The van der Waals surface area contributed by atoms with Crippen LogP contribution in [0.2, 0.25) is 0 Å². The molecule has 1 aromatic rings. The second-order valence-corrected chi connectivity index (χ2v) is 4.64. The highest BCUT2D eigenvalue weighted by Crippen LogP contribution is 2.27. The summed E-state index contributed by atoms with van der Waals surface area (Å²) in [6.45, 7) is 5.78. The zero-order valence-corrected chi connectivity index (χ0v) is 10.8. The molecule has 4 nitrogen and oxygen atoms in total. The maximum absolute atomic E-state index is 12.0. The first-order chi connectivity index (χ1) is 7.90. The fourth-order valence-corrected chi connectivity index (χ4v) is 1.22. The first-order valence-corrected chi connectivity index (χ1v) is 5.65.